The second-order valence-corrected chi connectivity index (χ2v) is 9.73. The third-order valence-electron chi connectivity index (χ3n) is 4.11. The highest BCUT2D eigenvalue weighted by molar-refractivity contribution is 7.89. The van der Waals surface area contributed by atoms with Crippen LogP contribution in [0.25, 0.3) is 0 Å². The van der Waals surface area contributed by atoms with Crippen LogP contribution in [0.15, 0.2) is 0 Å². The molecule has 1 rings (SSSR count). The highest BCUT2D eigenvalue weighted by Gasteiger charge is 2.28. The number of carbonyl (C=O) groups excluding carboxylic acids is 1. The van der Waals surface area contributed by atoms with E-state index in [1.54, 1.807) is 11.2 Å². The van der Waals surface area contributed by atoms with Gasteiger partial charge in [-0.05, 0) is 48.0 Å². The third kappa shape index (κ3) is 6.94. The Balaban J connectivity index is 2.41. The SMILES string of the molecule is CCS(=O)(=O)N1CCN([C@H](C)C[C@@H](C)NC(=O)OC(C)(C)C)CC1. The highest BCUT2D eigenvalue weighted by atomic mass is 32.2. The smallest absolute Gasteiger partial charge is 0.407 e. The minimum absolute atomic E-state index is 0.00717. The van der Waals surface area contributed by atoms with Gasteiger partial charge in [0.15, 0.2) is 0 Å². The van der Waals surface area contributed by atoms with Crippen molar-refractivity contribution in [2.45, 2.75) is 65.6 Å². The molecule has 0 aliphatic carbocycles. The molecule has 8 heteroatoms. The molecule has 0 radical (unpaired) electrons. The maximum absolute atomic E-state index is 11.9. The molecule has 0 spiro atoms. The maximum atomic E-state index is 11.9. The predicted molar refractivity (Wildman–Crippen MR) is 95.5 cm³/mol. The number of sulfonamides is 1. The minimum atomic E-state index is -3.09. The van der Waals surface area contributed by atoms with Crippen LogP contribution in [0.2, 0.25) is 0 Å². The van der Waals surface area contributed by atoms with E-state index in [9.17, 15) is 13.2 Å². The molecule has 0 unspecified atom stereocenters. The summed E-state index contributed by atoms with van der Waals surface area (Å²) in [5.74, 6) is 0.152. The number of nitrogens with zero attached hydrogens (tertiary/aromatic N) is 2. The number of hydrogen-bond acceptors (Lipinski definition) is 5. The van der Waals surface area contributed by atoms with Crippen molar-refractivity contribution in [3.8, 4) is 0 Å². The van der Waals surface area contributed by atoms with Crippen molar-refractivity contribution in [2.24, 2.45) is 0 Å². The summed E-state index contributed by atoms with van der Waals surface area (Å²) in [4.78, 5) is 14.1. The summed E-state index contributed by atoms with van der Waals surface area (Å²) in [6.45, 7) is 13.8. The summed E-state index contributed by atoms with van der Waals surface area (Å²) in [6, 6.07) is 0.258. The Hall–Kier alpha value is -0.860. The number of alkyl carbamates (subject to hydrolysis) is 1. The fourth-order valence-corrected chi connectivity index (χ4v) is 3.92. The molecule has 142 valence electrons. The maximum Gasteiger partial charge on any atom is 0.407 e. The molecule has 1 N–H and O–H groups in total. The zero-order valence-electron chi connectivity index (χ0n) is 15.8. The van der Waals surface area contributed by atoms with E-state index >= 15 is 0 Å². The van der Waals surface area contributed by atoms with E-state index in [1.165, 1.54) is 0 Å². The number of carbonyl (C=O) groups is 1. The Morgan fingerprint density at radius 2 is 1.71 bits per heavy atom. The number of nitrogens with one attached hydrogen (secondary N) is 1. The summed E-state index contributed by atoms with van der Waals surface area (Å²) < 4.78 is 30.6. The number of hydrogen-bond donors (Lipinski definition) is 1. The summed E-state index contributed by atoms with van der Waals surface area (Å²) in [6.07, 6.45) is 0.390. The molecule has 0 aromatic heterocycles. The fraction of sp³-hybridized carbons (Fsp3) is 0.938. The monoisotopic (exact) mass is 363 g/mol. The molecule has 1 heterocycles. The topological polar surface area (TPSA) is 79.0 Å². The van der Waals surface area contributed by atoms with Gasteiger partial charge >= 0.3 is 6.09 Å². The molecule has 0 saturated carbocycles. The van der Waals surface area contributed by atoms with Gasteiger partial charge in [-0.3, -0.25) is 4.90 Å². The van der Waals surface area contributed by atoms with Gasteiger partial charge in [-0.2, -0.15) is 4.31 Å². The molecule has 1 aliphatic rings. The van der Waals surface area contributed by atoms with E-state index in [1.807, 2.05) is 27.7 Å². The predicted octanol–water partition coefficient (Wildman–Crippen LogP) is 1.65. The van der Waals surface area contributed by atoms with Crippen molar-refractivity contribution in [3.63, 3.8) is 0 Å². The standard InChI is InChI=1S/C16H33N3O4S/c1-7-24(21,22)19-10-8-18(9-11-19)14(3)12-13(2)17-15(20)23-16(4,5)6/h13-14H,7-12H2,1-6H3,(H,17,20)/t13-,14-/m1/s1. The van der Waals surface area contributed by atoms with E-state index in [4.69, 9.17) is 4.74 Å². The Morgan fingerprint density at radius 1 is 1.17 bits per heavy atom. The number of rotatable bonds is 6. The molecule has 1 aliphatic heterocycles. The number of ether oxygens (including phenoxy) is 1. The molecule has 1 fully saturated rings. The average Bonchev–Trinajstić information content (AvgIpc) is 2.45. The lowest BCUT2D eigenvalue weighted by Gasteiger charge is -2.38. The molecular formula is C16H33N3O4S. The van der Waals surface area contributed by atoms with Crippen molar-refractivity contribution in [1.29, 1.82) is 0 Å². The molecule has 0 bridgehead atoms. The Kier molecular flexibility index (Phi) is 7.49. The van der Waals surface area contributed by atoms with Gasteiger partial charge in [-0.25, -0.2) is 13.2 Å². The van der Waals surface area contributed by atoms with Gasteiger partial charge < -0.3 is 10.1 Å². The lowest BCUT2D eigenvalue weighted by molar-refractivity contribution is 0.0493. The lowest BCUT2D eigenvalue weighted by atomic mass is 10.1. The Labute approximate surface area is 146 Å². The minimum Gasteiger partial charge on any atom is -0.444 e. The Morgan fingerprint density at radius 3 is 2.17 bits per heavy atom. The fourth-order valence-electron chi connectivity index (χ4n) is 2.83. The van der Waals surface area contributed by atoms with Crippen LogP contribution in [0, 0.1) is 0 Å². The van der Waals surface area contributed by atoms with Crippen molar-refractivity contribution in [1.82, 2.24) is 14.5 Å². The van der Waals surface area contributed by atoms with Crippen LogP contribution >= 0.6 is 0 Å². The Bertz CT molecular complexity index is 508. The molecule has 0 aromatic rings. The zero-order valence-corrected chi connectivity index (χ0v) is 16.6. The normalized spacial score (nSPS) is 20.4. The first-order valence-corrected chi connectivity index (χ1v) is 10.3. The first kappa shape index (κ1) is 21.2. The zero-order chi connectivity index (χ0) is 18.5. The number of amides is 1. The first-order chi connectivity index (χ1) is 10.9. The van der Waals surface area contributed by atoms with Crippen molar-refractivity contribution in [2.75, 3.05) is 31.9 Å². The summed E-state index contributed by atoms with van der Waals surface area (Å²) >= 11 is 0. The molecule has 1 amide bonds. The first-order valence-electron chi connectivity index (χ1n) is 8.66. The molecule has 2 atom stereocenters. The van der Waals surface area contributed by atoms with E-state index in [-0.39, 0.29) is 17.8 Å². The van der Waals surface area contributed by atoms with Crippen molar-refractivity contribution >= 4 is 16.1 Å². The van der Waals surface area contributed by atoms with E-state index in [2.05, 4.69) is 17.1 Å². The molecular weight excluding hydrogens is 330 g/mol. The van der Waals surface area contributed by atoms with Gasteiger partial charge in [0, 0.05) is 38.3 Å². The van der Waals surface area contributed by atoms with Crippen LogP contribution in [0.1, 0.15) is 48.0 Å². The van der Waals surface area contributed by atoms with E-state index in [0.29, 0.717) is 13.1 Å². The summed E-state index contributed by atoms with van der Waals surface area (Å²) in [5.41, 5.74) is -0.503. The van der Waals surface area contributed by atoms with Crippen molar-refractivity contribution in [3.05, 3.63) is 0 Å². The average molecular weight is 364 g/mol. The molecule has 0 aromatic carbocycles. The number of piperazine rings is 1. The van der Waals surface area contributed by atoms with E-state index in [0.717, 1.165) is 19.5 Å². The van der Waals surface area contributed by atoms with Gasteiger partial charge in [0.05, 0.1) is 5.75 Å². The van der Waals surface area contributed by atoms with Crippen LogP contribution < -0.4 is 5.32 Å². The molecule has 7 nitrogen and oxygen atoms in total. The van der Waals surface area contributed by atoms with Crippen LogP contribution in [0.4, 0.5) is 4.79 Å². The second kappa shape index (κ2) is 8.49. The summed E-state index contributed by atoms with van der Waals surface area (Å²) in [7, 11) is -3.09. The van der Waals surface area contributed by atoms with E-state index < -0.39 is 21.7 Å². The van der Waals surface area contributed by atoms with Gasteiger partial charge in [0.1, 0.15) is 5.60 Å². The van der Waals surface area contributed by atoms with Crippen LogP contribution in [-0.2, 0) is 14.8 Å². The van der Waals surface area contributed by atoms with Gasteiger partial charge in [-0.1, -0.05) is 0 Å². The highest BCUT2D eigenvalue weighted by Crippen LogP contribution is 2.14. The molecule has 24 heavy (non-hydrogen) atoms. The van der Waals surface area contributed by atoms with Crippen molar-refractivity contribution < 1.29 is 17.9 Å². The van der Waals surface area contributed by atoms with Crippen LogP contribution in [-0.4, -0.2) is 73.3 Å². The van der Waals surface area contributed by atoms with Crippen LogP contribution in [0.5, 0.6) is 0 Å². The van der Waals surface area contributed by atoms with Crippen LogP contribution in [0.3, 0.4) is 0 Å². The summed E-state index contributed by atoms with van der Waals surface area (Å²) in [5, 5.41) is 2.85. The largest absolute Gasteiger partial charge is 0.444 e. The van der Waals surface area contributed by atoms with Gasteiger partial charge in [0.25, 0.3) is 0 Å². The second-order valence-electron chi connectivity index (χ2n) is 7.47. The lowest BCUT2D eigenvalue weighted by Crippen LogP contribution is -2.52. The quantitative estimate of drug-likeness (QED) is 0.776. The van der Waals surface area contributed by atoms with Gasteiger partial charge in [0.2, 0.25) is 10.0 Å². The molecule has 1 saturated heterocycles. The third-order valence-corrected chi connectivity index (χ3v) is 5.99. The van der Waals surface area contributed by atoms with Gasteiger partial charge in [-0.15, -0.1) is 0 Å².